The molecule has 2 N–H and O–H groups in total. The minimum Gasteiger partial charge on any atom is -0.465 e. The second kappa shape index (κ2) is 11.6. The summed E-state index contributed by atoms with van der Waals surface area (Å²) in [6.07, 6.45) is 9.07. The molecule has 1 fully saturated rings. The van der Waals surface area contributed by atoms with Crippen LogP contribution < -0.4 is 10.6 Å². The van der Waals surface area contributed by atoms with Gasteiger partial charge in [-0.15, -0.1) is 0 Å². The summed E-state index contributed by atoms with van der Waals surface area (Å²) < 4.78 is 4.70. The number of aromatic nitrogens is 1. The molecule has 1 aliphatic carbocycles. The zero-order valence-corrected chi connectivity index (χ0v) is 20.3. The van der Waals surface area contributed by atoms with E-state index < -0.39 is 5.97 Å². The predicted octanol–water partition coefficient (Wildman–Crippen LogP) is 5.13. The largest absolute Gasteiger partial charge is 0.465 e. The summed E-state index contributed by atoms with van der Waals surface area (Å²) in [4.78, 5) is 29.7. The Balaban J connectivity index is 1.48. The van der Waals surface area contributed by atoms with Crippen molar-refractivity contribution in [2.75, 3.05) is 25.1 Å². The van der Waals surface area contributed by atoms with Crippen LogP contribution in [0.4, 0.5) is 5.82 Å². The van der Waals surface area contributed by atoms with Gasteiger partial charge in [0.2, 0.25) is 5.91 Å². The molecule has 0 unspecified atom stereocenters. The monoisotopic (exact) mass is 471 g/mol. The Labute approximate surface area is 201 Å². The molecule has 33 heavy (non-hydrogen) atoms. The van der Waals surface area contributed by atoms with Gasteiger partial charge in [0.05, 0.1) is 12.7 Å². The van der Waals surface area contributed by atoms with Crippen LogP contribution in [0.2, 0.25) is 5.02 Å². The molecule has 2 aromatic rings. The summed E-state index contributed by atoms with van der Waals surface area (Å²) in [5, 5.41) is 0.770. The summed E-state index contributed by atoms with van der Waals surface area (Å²) in [6, 6.07) is 11.5. The molecule has 178 valence electrons. The van der Waals surface area contributed by atoms with E-state index in [9.17, 15) is 9.59 Å². The lowest BCUT2D eigenvalue weighted by atomic mass is 9.66. The molecule has 6 nitrogen and oxygen atoms in total. The molecule has 1 aromatic carbocycles. The third-order valence-corrected chi connectivity index (χ3v) is 7.19. The number of pyridine rings is 1. The highest BCUT2D eigenvalue weighted by molar-refractivity contribution is 6.30. The number of benzene rings is 1. The van der Waals surface area contributed by atoms with Gasteiger partial charge in [0.1, 0.15) is 5.82 Å². The van der Waals surface area contributed by atoms with Crippen LogP contribution in [0.1, 0.15) is 67.8 Å². The van der Waals surface area contributed by atoms with Crippen molar-refractivity contribution in [3.05, 3.63) is 58.7 Å². The number of carbonyl (C=O) groups is 2. The summed E-state index contributed by atoms with van der Waals surface area (Å²) in [5.41, 5.74) is 7.89. The van der Waals surface area contributed by atoms with Crippen LogP contribution in [0.15, 0.2) is 42.6 Å². The number of ether oxygens (including phenoxy) is 1. The first-order valence-corrected chi connectivity index (χ1v) is 12.0. The van der Waals surface area contributed by atoms with Crippen molar-refractivity contribution in [2.24, 2.45) is 11.7 Å². The number of amides is 1. The summed E-state index contributed by atoms with van der Waals surface area (Å²) in [7, 11) is 1.33. The molecule has 7 heteroatoms. The number of nitrogens with zero attached hydrogens (tertiary/aromatic N) is 2. The molecule has 0 radical (unpaired) electrons. The highest BCUT2D eigenvalue weighted by Crippen LogP contribution is 2.42. The fourth-order valence-electron chi connectivity index (χ4n) is 4.87. The van der Waals surface area contributed by atoms with E-state index in [1.54, 1.807) is 24.0 Å². The zero-order chi connectivity index (χ0) is 23.8. The molecule has 0 spiro atoms. The lowest BCUT2D eigenvalue weighted by Gasteiger charge is -2.40. The standard InChI is InChI=1S/C26H34ClN3O3/c1-19(31)30(24-10-9-21(17-29-24)25(32)33-2)15-4-3-6-20-11-13-26(18-28,14-12-20)22-7-5-8-23(27)16-22/h5,7-10,16-17,20H,3-4,6,11-15,18,28H2,1-2H3. The lowest BCUT2D eigenvalue weighted by Crippen LogP contribution is -2.39. The molecule has 0 atom stereocenters. The van der Waals surface area contributed by atoms with Gasteiger partial charge in [0.25, 0.3) is 0 Å². The molecule has 3 rings (SSSR count). The second-order valence-electron chi connectivity index (χ2n) is 9.00. The highest BCUT2D eigenvalue weighted by atomic mass is 35.5. The van der Waals surface area contributed by atoms with Crippen molar-refractivity contribution < 1.29 is 14.3 Å². The minimum absolute atomic E-state index is 0.0366. The molecule has 1 amide bonds. The SMILES string of the molecule is COC(=O)c1ccc(N(CCCCC2CCC(CN)(c3cccc(Cl)c3)CC2)C(C)=O)nc1. The normalized spacial score (nSPS) is 20.3. The van der Waals surface area contributed by atoms with E-state index in [4.69, 9.17) is 22.1 Å². The maximum atomic E-state index is 12.2. The maximum absolute atomic E-state index is 12.2. The lowest BCUT2D eigenvalue weighted by molar-refractivity contribution is -0.116. The average Bonchev–Trinajstić information content (AvgIpc) is 2.84. The van der Waals surface area contributed by atoms with Crippen LogP contribution in [0.5, 0.6) is 0 Å². The molecule has 1 aliphatic rings. The number of methoxy groups -OCH3 is 1. The number of carbonyl (C=O) groups excluding carboxylic acids is 2. The van der Waals surface area contributed by atoms with Crippen LogP contribution in [-0.2, 0) is 14.9 Å². The molecule has 1 aromatic heterocycles. The van der Waals surface area contributed by atoms with Gasteiger partial charge in [0, 0.05) is 36.6 Å². The summed E-state index contributed by atoms with van der Waals surface area (Å²) in [5.74, 6) is 0.749. The van der Waals surface area contributed by atoms with Crippen LogP contribution in [0.25, 0.3) is 0 Å². The molecule has 1 heterocycles. The molecular weight excluding hydrogens is 438 g/mol. The smallest absolute Gasteiger partial charge is 0.339 e. The van der Waals surface area contributed by atoms with Gasteiger partial charge in [-0.2, -0.15) is 0 Å². The molecule has 0 saturated heterocycles. The van der Waals surface area contributed by atoms with Crippen molar-refractivity contribution in [1.82, 2.24) is 4.98 Å². The van der Waals surface area contributed by atoms with E-state index in [0.29, 0.717) is 30.4 Å². The van der Waals surface area contributed by atoms with E-state index in [-0.39, 0.29) is 11.3 Å². The first kappa shape index (κ1) is 25.2. The number of unbranched alkanes of at least 4 members (excludes halogenated alkanes) is 1. The van der Waals surface area contributed by atoms with Crippen molar-refractivity contribution in [3.8, 4) is 0 Å². The third-order valence-electron chi connectivity index (χ3n) is 6.96. The van der Waals surface area contributed by atoms with Gasteiger partial charge in [-0.3, -0.25) is 9.69 Å². The highest BCUT2D eigenvalue weighted by Gasteiger charge is 2.35. The number of halogens is 1. The number of hydrogen-bond acceptors (Lipinski definition) is 5. The van der Waals surface area contributed by atoms with E-state index in [1.165, 1.54) is 18.9 Å². The van der Waals surface area contributed by atoms with Crippen LogP contribution in [0.3, 0.4) is 0 Å². The Morgan fingerprint density at radius 3 is 2.55 bits per heavy atom. The number of esters is 1. The van der Waals surface area contributed by atoms with Crippen molar-refractivity contribution in [2.45, 2.75) is 57.3 Å². The van der Waals surface area contributed by atoms with Gasteiger partial charge < -0.3 is 10.5 Å². The first-order valence-electron chi connectivity index (χ1n) is 11.7. The van der Waals surface area contributed by atoms with Gasteiger partial charge in [-0.05, 0) is 67.9 Å². The van der Waals surface area contributed by atoms with E-state index in [1.807, 2.05) is 12.1 Å². The summed E-state index contributed by atoms with van der Waals surface area (Å²) >= 11 is 6.22. The molecule has 1 saturated carbocycles. The number of nitrogens with two attached hydrogens (primary N) is 1. The van der Waals surface area contributed by atoms with Gasteiger partial charge in [-0.1, -0.05) is 36.6 Å². The Hall–Kier alpha value is -2.44. The topological polar surface area (TPSA) is 85.5 Å². The Kier molecular flexibility index (Phi) is 8.87. The Morgan fingerprint density at radius 1 is 1.21 bits per heavy atom. The van der Waals surface area contributed by atoms with Crippen LogP contribution in [0, 0.1) is 5.92 Å². The minimum atomic E-state index is -0.440. The van der Waals surface area contributed by atoms with Gasteiger partial charge in [-0.25, -0.2) is 9.78 Å². The van der Waals surface area contributed by atoms with E-state index >= 15 is 0 Å². The fraction of sp³-hybridized carbons (Fsp3) is 0.500. The second-order valence-corrected chi connectivity index (χ2v) is 9.44. The zero-order valence-electron chi connectivity index (χ0n) is 19.6. The van der Waals surface area contributed by atoms with Gasteiger partial charge >= 0.3 is 5.97 Å². The number of anilines is 1. The maximum Gasteiger partial charge on any atom is 0.339 e. The van der Waals surface area contributed by atoms with Crippen molar-refractivity contribution in [1.29, 1.82) is 0 Å². The number of hydrogen-bond donors (Lipinski definition) is 1. The van der Waals surface area contributed by atoms with Gasteiger partial charge in [0.15, 0.2) is 0 Å². The third kappa shape index (κ3) is 6.33. The predicted molar refractivity (Wildman–Crippen MR) is 132 cm³/mol. The van der Waals surface area contributed by atoms with Crippen LogP contribution in [-0.4, -0.2) is 37.1 Å². The molecule has 0 bridgehead atoms. The van der Waals surface area contributed by atoms with Crippen molar-refractivity contribution >= 4 is 29.3 Å². The van der Waals surface area contributed by atoms with E-state index in [2.05, 4.69) is 17.1 Å². The Bertz CT molecular complexity index is 940. The van der Waals surface area contributed by atoms with E-state index in [0.717, 1.165) is 50.0 Å². The average molecular weight is 472 g/mol. The first-order chi connectivity index (χ1) is 15.9. The molecular formula is C26H34ClN3O3. The number of rotatable bonds is 9. The fourth-order valence-corrected chi connectivity index (χ4v) is 5.06. The quantitative estimate of drug-likeness (QED) is 0.404. The summed E-state index contributed by atoms with van der Waals surface area (Å²) in [6.45, 7) is 2.80. The molecule has 0 aliphatic heterocycles. The van der Waals surface area contributed by atoms with Crippen LogP contribution >= 0.6 is 11.6 Å². The van der Waals surface area contributed by atoms with Crippen molar-refractivity contribution in [3.63, 3.8) is 0 Å². The Morgan fingerprint density at radius 2 is 1.97 bits per heavy atom.